The molecule has 0 radical (unpaired) electrons. The molecule has 114 valence electrons. The maximum atomic E-state index is 6.00. The summed E-state index contributed by atoms with van der Waals surface area (Å²) < 4.78 is 6.00. The average molecular weight is 358 g/mol. The Bertz CT molecular complexity index is 706. The van der Waals surface area contributed by atoms with Gasteiger partial charge in [0.25, 0.3) is 0 Å². The van der Waals surface area contributed by atoms with E-state index in [2.05, 4.69) is 65.1 Å². The summed E-state index contributed by atoms with van der Waals surface area (Å²) in [6, 6.07) is 10.7. The van der Waals surface area contributed by atoms with Crippen LogP contribution >= 0.6 is 15.9 Å². The molecule has 1 aromatic carbocycles. The maximum Gasteiger partial charge on any atom is 0.131 e. The van der Waals surface area contributed by atoms with E-state index in [1.807, 2.05) is 12.3 Å². The number of fused-ring (bicyclic) bond motifs is 2. The first kappa shape index (κ1) is 15.3. The van der Waals surface area contributed by atoms with E-state index in [1.54, 1.807) is 0 Å². The number of ether oxygens (including phenoxy) is 1. The zero-order valence-corrected chi connectivity index (χ0v) is 14.6. The molecule has 3 rings (SSSR count). The Kier molecular flexibility index (Phi) is 4.63. The number of pyridine rings is 1. The number of benzene rings is 1. The van der Waals surface area contributed by atoms with Crippen molar-refractivity contribution in [1.82, 2.24) is 4.98 Å². The molecule has 0 spiro atoms. The number of hydrogen-bond acceptors (Lipinski definition) is 2. The van der Waals surface area contributed by atoms with Crippen LogP contribution in [-0.2, 0) is 6.61 Å². The summed E-state index contributed by atoms with van der Waals surface area (Å²) in [5.41, 5.74) is 5.93. The highest BCUT2D eigenvalue weighted by molar-refractivity contribution is 9.09. The molecule has 0 unspecified atom stereocenters. The van der Waals surface area contributed by atoms with Gasteiger partial charge in [0.2, 0.25) is 0 Å². The molecule has 0 aliphatic carbocycles. The topological polar surface area (TPSA) is 22.1 Å². The fourth-order valence-electron chi connectivity index (χ4n) is 2.75. The minimum Gasteiger partial charge on any atom is -0.487 e. The van der Waals surface area contributed by atoms with Gasteiger partial charge in [0.15, 0.2) is 0 Å². The van der Waals surface area contributed by atoms with Crippen LogP contribution in [-0.4, -0.2) is 10.3 Å². The Balaban J connectivity index is 2.19. The SMILES string of the molecule is CC(C)c1ccc2c(c1)C(=CCCBr)c1cccnc1CO2. The first-order valence-electron chi connectivity index (χ1n) is 7.68. The predicted molar refractivity (Wildman–Crippen MR) is 94.6 cm³/mol. The Morgan fingerprint density at radius 1 is 1.27 bits per heavy atom. The van der Waals surface area contributed by atoms with Crippen LogP contribution in [0.25, 0.3) is 5.57 Å². The lowest BCUT2D eigenvalue weighted by molar-refractivity contribution is 0.302. The van der Waals surface area contributed by atoms with Crippen LogP contribution in [0.15, 0.2) is 42.6 Å². The third kappa shape index (κ3) is 2.95. The summed E-state index contributed by atoms with van der Waals surface area (Å²) in [6.07, 6.45) is 5.10. The van der Waals surface area contributed by atoms with E-state index < -0.39 is 0 Å². The van der Waals surface area contributed by atoms with Gasteiger partial charge in [-0.1, -0.05) is 48.0 Å². The van der Waals surface area contributed by atoms with Gasteiger partial charge in [-0.15, -0.1) is 0 Å². The third-order valence-electron chi connectivity index (χ3n) is 3.96. The molecule has 0 bridgehead atoms. The predicted octanol–water partition coefficient (Wildman–Crippen LogP) is 5.31. The van der Waals surface area contributed by atoms with Crippen LogP contribution in [0.1, 0.15) is 48.6 Å². The van der Waals surface area contributed by atoms with Crippen molar-refractivity contribution in [3.05, 3.63) is 65.0 Å². The quantitative estimate of drug-likeness (QED) is 0.694. The molecule has 0 amide bonds. The molecule has 2 nitrogen and oxygen atoms in total. The van der Waals surface area contributed by atoms with Crippen molar-refractivity contribution >= 4 is 21.5 Å². The fourth-order valence-corrected chi connectivity index (χ4v) is 2.98. The van der Waals surface area contributed by atoms with Gasteiger partial charge in [0.1, 0.15) is 12.4 Å². The minimum atomic E-state index is 0.499. The van der Waals surface area contributed by atoms with Gasteiger partial charge in [0.05, 0.1) is 5.69 Å². The lowest BCUT2D eigenvalue weighted by atomic mass is 9.92. The average Bonchev–Trinajstić information content (AvgIpc) is 2.69. The van der Waals surface area contributed by atoms with Gasteiger partial charge in [-0.2, -0.15) is 0 Å². The minimum absolute atomic E-state index is 0.499. The molecule has 0 saturated carbocycles. The molecule has 22 heavy (non-hydrogen) atoms. The Morgan fingerprint density at radius 3 is 2.91 bits per heavy atom. The van der Waals surface area contributed by atoms with Crippen molar-refractivity contribution in [1.29, 1.82) is 0 Å². The first-order valence-corrected chi connectivity index (χ1v) is 8.80. The number of alkyl halides is 1. The first-order chi connectivity index (χ1) is 10.7. The molecule has 3 heteroatoms. The van der Waals surface area contributed by atoms with Crippen molar-refractivity contribution in [2.45, 2.75) is 32.8 Å². The molecule has 0 atom stereocenters. The molecule has 0 N–H and O–H groups in total. The Morgan fingerprint density at radius 2 is 2.14 bits per heavy atom. The van der Waals surface area contributed by atoms with Crippen LogP contribution < -0.4 is 4.74 Å². The number of nitrogens with zero attached hydrogens (tertiary/aromatic N) is 1. The van der Waals surface area contributed by atoms with Crippen LogP contribution in [0, 0.1) is 0 Å². The van der Waals surface area contributed by atoms with Crippen LogP contribution in [0.4, 0.5) is 0 Å². The van der Waals surface area contributed by atoms with Crippen molar-refractivity contribution in [3.63, 3.8) is 0 Å². The molecule has 0 fully saturated rings. The molecule has 2 aromatic rings. The lowest BCUT2D eigenvalue weighted by Crippen LogP contribution is -1.98. The zero-order valence-electron chi connectivity index (χ0n) is 13.0. The molecule has 2 heterocycles. The van der Waals surface area contributed by atoms with Gasteiger partial charge in [-0.25, -0.2) is 0 Å². The Hall–Kier alpha value is -1.61. The number of aromatic nitrogens is 1. The smallest absolute Gasteiger partial charge is 0.131 e. The summed E-state index contributed by atoms with van der Waals surface area (Å²) >= 11 is 3.52. The largest absolute Gasteiger partial charge is 0.487 e. The second kappa shape index (κ2) is 6.66. The van der Waals surface area contributed by atoms with Gasteiger partial charge < -0.3 is 4.74 Å². The summed E-state index contributed by atoms with van der Waals surface area (Å²) in [4.78, 5) is 4.50. The number of halogens is 1. The second-order valence-corrected chi connectivity index (χ2v) is 6.59. The van der Waals surface area contributed by atoms with Crippen molar-refractivity contribution < 1.29 is 4.74 Å². The van der Waals surface area contributed by atoms with Crippen molar-refractivity contribution in [2.24, 2.45) is 0 Å². The highest BCUT2D eigenvalue weighted by Crippen LogP contribution is 2.38. The normalized spacial score (nSPS) is 15.2. The van der Waals surface area contributed by atoms with Crippen molar-refractivity contribution in [2.75, 3.05) is 5.33 Å². The van der Waals surface area contributed by atoms with Crippen LogP contribution in [0.5, 0.6) is 5.75 Å². The van der Waals surface area contributed by atoms with E-state index in [1.165, 1.54) is 22.3 Å². The lowest BCUT2D eigenvalue weighted by Gasteiger charge is -2.14. The van der Waals surface area contributed by atoms with E-state index in [9.17, 15) is 0 Å². The summed E-state index contributed by atoms with van der Waals surface area (Å²) in [5.74, 6) is 1.45. The van der Waals surface area contributed by atoms with Gasteiger partial charge in [0, 0.05) is 22.7 Å². The molecular weight excluding hydrogens is 338 g/mol. The van der Waals surface area contributed by atoms with E-state index in [4.69, 9.17) is 4.74 Å². The maximum absolute atomic E-state index is 6.00. The van der Waals surface area contributed by atoms with Crippen molar-refractivity contribution in [3.8, 4) is 5.75 Å². The third-order valence-corrected chi connectivity index (χ3v) is 4.42. The molecular formula is C19H20BrNO. The fraction of sp³-hybridized carbons (Fsp3) is 0.316. The highest BCUT2D eigenvalue weighted by atomic mass is 79.9. The zero-order chi connectivity index (χ0) is 15.5. The summed E-state index contributed by atoms with van der Waals surface area (Å²) in [7, 11) is 0. The molecule has 1 aliphatic rings. The molecule has 1 aromatic heterocycles. The number of hydrogen-bond donors (Lipinski definition) is 0. The Labute approximate surface area is 140 Å². The van der Waals surface area contributed by atoms with E-state index >= 15 is 0 Å². The van der Waals surface area contributed by atoms with E-state index in [0.29, 0.717) is 12.5 Å². The van der Waals surface area contributed by atoms with Gasteiger partial charge in [-0.3, -0.25) is 4.98 Å². The summed E-state index contributed by atoms with van der Waals surface area (Å²) in [6.45, 7) is 4.96. The second-order valence-electron chi connectivity index (χ2n) is 5.79. The van der Waals surface area contributed by atoms with E-state index in [0.717, 1.165) is 23.2 Å². The molecule has 0 saturated heterocycles. The molecule has 1 aliphatic heterocycles. The summed E-state index contributed by atoms with van der Waals surface area (Å²) in [5, 5.41) is 0.951. The monoisotopic (exact) mass is 357 g/mol. The standard InChI is InChI=1S/C19H20BrNO/c1-13(2)14-7-8-19-17(11-14)15(5-3-9-20)16-6-4-10-21-18(16)12-22-19/h4-8,10-11,13H,3,9,12H2,1-2H3. The number of allylic oxidation sites excluding steroid dienone is 1. The van der Waals surface area contributed by atoms with Crippen LogP contribution in [0.2, 0.25) is 0 Å². The number of rotatable bonds is 3. The van der Waals surface area contributed by atoms with Gasteiger partial charge >= 0.3 is 0 Å². The highest BCUT2D eigenvalue weighted by Gasteiger charge is 2.20. The van der Waals surface area contributed by atoms with Crippen LogP contribution in [0.3, 0.4) is 0 Å². The van der Waals surface area contributed by atoms with Gasteiger partial charge in [-0.05, 0) is 41.7 Å². The van der Waals surface area contributed by atoms with E-state index in [-0.39, 0.29) is 0 Å².